The van der Waals surface area contributed by atoms with Crippen LogP contribution in [0.15, 0.2) is 40.6 Å². The Bertz CT molecular complexity index is 906. The van der Waals surface area contributed by atoms with Crippen LogP contribution < -0.4 is 10.6 Å². The molecule has 4 rings (SSSR count). The predicted octanol–water partition coefficient (Wildman–Crippen LogP) is 6.38. The molecule has 6 heteroatoms. The van der Waals surface area contributed by atoms with E-state index in [0.29, 0.717) is 24.2 Å². The van der Waals surface area contributed by atoms with E-state index in [0.717, 1.165) is 68.7 Å². The summed E-state index contributed by atoms with van der Waals surface area (Å²) in [6.45, 7) is 16.1. The summed E-state index contributed by atoms with van der Waals surface area (Å²) in [5, 5.41) is 7.57. The molecular formula is C32H53FN4O. The van der Waals surface area contributed by atoms with Gasteiger partial charge in [-0.05, 0) is 102 Å². The fourth-order valence-corrected chi connectivity index (χ4v) is 7.57. The van der Waals surface area contributed by atoms with Crippen LogP contribution in [0.2, 0.25) is 0 Å². The van der Waals surface area contributed by atoms with Crippen molar-refractivity contribution in [2.24, 2.45) is 22.7 Å². The molecule has 0 aliphatic heterocycles. The van der Waals surface area contributed by atoms with Gasteiger partial charge in [-0.15, -0.1) is 0 Å². The Morgan fingerprint density at radius 2 is 1.82 bits per heavy atom. The number of alkyl halides is 1. The summed E-state index contributed by atoms with van der Waals surface area (Å²) in [7, 11) is 0. The molecule has 4 aliphatic rings. The van der Waals surface area contributed by atoms with Gasteiger partial charge in [-0.1, -0.05) is 39.0 Å². The first kappa shape index (κ1) is 30.7. The van der Waals surface area contributed by atoms with Crippen molar-refractivity contribution < 1.29 is 9.18 Å². The average Bonchev–Trinajstić information content (AvgIpc) is 2.86. The zero-order valence-corrected chi connectivity index (χ0v) is 24.9. The highest BCUT2D eigenvalue weighted by Crippen LogP contribution is 2.57. The molecule has 38 heavy (non-hydrogen) atoms. The van der Waals surface area contributed by atoms with E-state index >= 15 is 0 Å². The van der Waals surface area contributed by atoms with Crippen LogP contribution in [-0.4, -0.2) is 60.5 Å². The standard InChI is InChI=1S/C32H53FN4O/c1-7-14-37(22-24(4)11-10-12-33)15-13-35-31-17-27-16-28(18-31)20-32(19-27,23-31)36-30(38)29(9-3)21-34-26(6)25(5)8-2/h8,10-11,21,24,27-28,35H,7,9,12-20,22-23H2,1-6H3,(H,36,38)/b11-10-,25-8+,29-21+,34-26+. The number of allylic oxidation sites excluding steroid dienone is 3. The molecule has 0 radical (unpaired) electrons. The second kappa shape index (κ2) is 14.0. The smallest absolute Gasteiger partial charge is 0.249 e. The van der Waals surface area contributed by atoms with Crippen molar-refractivity contribution in [2.45, 2.75) is 104 Å². The van der Waals surface area contributed by atoms with Crippen LogP contribution >= 0.6 is 0 Å². The Balaban J connectivity index is 1.65. The minimum atomic E-state index is -0.388. The molecule has 0 aromatic carbocycles. The number of hydrogen-bond acceptors (Lipinski definition) is 4. The van der Waals surface area contributed by atoms with E-state index in [-0.39, 0.29) is 23.7 Å². The van der Waals surface area contributed by atoms with E-state index in [1.54, 1.807) is 12.3 Å². The average molecular weight is 529 g/mol. The molecule has 4 fully saturated rings. The fraction of sp³-hybridized carbons (Fsp3) is 0.750. The summed E-state index contributed by atoms with van der Waals surface area (Å²) in [4.78, 5) is 20.5. The van der Waals surface area contributed by atoms with E-state index < -0.39 is 0 Å². The van der Waals surface area contributed by atoms with E-state index in [2.05, 4.69) is 34.4 Å². The van der Waals surface area contributed by atoms with Gasteiger partial charge in [-0.25, -0.2) is 4.39 Å². The van der Waals surface area contributed by atoms with Crippen LogP contribution in [0.3, 0.4) is 0 Å². The van der Waals surface area contributed by atoms with Crippen LogP contribution in [0.25, 0.3) is 0 Å². The molecule has 3 unspecified atom stereocenters. The van der Waals surface area contributed by atoms with Crippen LogP contribution in [0.4, 0.5) is 4.39 Å². The molecular weight excluding hydrogens is 475 g/mol. The summed E-state index contributed by atoms with van der Waals surface area (Å²) < 4.78 is 12.5. The van der Waals surface area contributed by atoms with Crippen LogP contribution in [0.5, 0.6) is 0 Å². The lowest BCUT2D eigenvalue weighted by Crippen LogP contribution is -2.69. The van der Waals surface area contributed by atoms with Crippen LogP contribution in [0.1, 0.15) is 92.9 Å². The van der Waals surface area contributed by atoms with Crippen LogP contribution in [0, 0.1) is 17.8 Å². The Hall–Kier alpha value is -1.79. The molecule has 2 N–H and O–H groups in total. The number of amides is 1. The predicted molar refractivity (Wildman–Crippen MR) is 158 cm³/mol. The molecule has 4 bridgehead atoms. The maximum absolute atomic E-state index is 13.4. The van der Waals surface area contributed by atoms with Gasteiger partial charge in [-0.2, -0.15) is 0 Å². The highest BCUT2D eigenvalue weighted by atomic mass is 19.1. The fourth-order valence-electron chi connectivity index (χ4n) is 7.57. The molecule has 3 atom stereocenters. The molecule has 0 heterocycles. The molecule has 0 saturated heterocycles. The first-order valence-corrected chi connectivity index (χ1v) is 15.1. The third kappa shape index (κ3) is 8.11. The number of aliphatic imine (C=N–C) groups is 1. The highest BCUT2D eigenvalue weighted by molar-refractivity contribution is 5.99. The quantitative estimate of drug-likeness (QED) is 0.147. The summed E-state index contributed by atoms with van der Waals surface area (Å²) in [5.74, 6) is 1.79. The number of nitrogens with one attached hydrogen (secondary N) is 2. The number of halogens is 1. The first-order valence-electron chi connectivity index (χ1n) is 15.1. The first-order chi connectivity index (χ1) is 18.2. The van der Waals surface area contributed by atoms with Gasteiger partial charge in [0.05, 0.1) is 0 Å². The minimum Gasteiger partial charge on any atom is -0.347 e. The molecule has 4 aliphatic carbocycles. The van der Waals surface area contributed by atoms with Crippen molar-refractivity contribution in [1.82, 2.24) is 15.5 Å². The topological polar surface area (TPSA) is 56.7 Å². The maximum Gasteiger partial charge on any atom is 0.249 e. The van der Waals surface area contributed by atoms with Crippen molar-refractivity contribution in [3.05, 3.63) is 35.6 Å². The zero-order chi connectivity index (χ0) is 27.8. The summed E-state index contributed by atoms with van der Waals surface area (Å²) in [6, 6.07) is 0. The number of carbonyl (C=O) groups excluding carboxylic acids is 1. The van der Waals surface area contributed by atoms with Gasteiger partial charge in [0.2, 0.25) is 5.91 Å². The number of carbonyl (C=O) groups is 1. The van der Waals surface area contributed by atoms with E-state index in [1.807, 2.05) is 39.8 Å². The van der Waals surface area contributed by atoms with Crippen LogP contribution in [-0.2, 0) is 4.79 Å². The molecule has 1 amide bonds. The van der Waals surface area contributed by atoms with Crippen molar-refractivity contribution in [3.63, 3.8) is 0 Å². The molecule has 4 saturated carbocycles. The Morgan fingerprint density at radius 3 is 2.42 bits per heavy atom. The Labute approximate surface area is 231 Å². The third-order valence-electron chi connectivity index (χ3n) is 9.10. The number of hydrogen-bond donors (Lipinski definition) is 2. The Morgan fingerprint density at radius 1 is 1.13 bits per heavy atom. The van der Waals surface area contributed by atoms with Crippen molar-refractivity contribution in [3.8, 4) is 0 Å². The van der Waals surface area contributed by atoms with E-state index in [4.69, 9.17) is 0 Å². The largest absolute Gasteiger partial charge is 0.347 e. The third-order valence-corrected chi connectivity index (χ3v) is 9.10. The highest BCUT2D eigenvalue weighted by Gasteiger charge is 2.58. The number of rotatable bonds is 15. The molecule has 214 valence electrons. The Kier molecular flexibility index (Phi) is 11.3. The van der Waals surface area contributed by atoms with Gasteiger partial charge in [0.15, 0.2) is 0 Å². The van der Waals surface area contributed by atoms with Gasteiger partial charge in [0, 0.05) is 48.2 Å². The lowest BCUT2D eigenvalue weighted by atomic mass is 9.50. The summed E-state index contributed by atoms with van der Waals surface area (Å²) >= 11 is 0. The molecule has 0 aromatic heterocycles. The van der Waals surface area contributed by atoms with Crippen molar-refractivity contribution >= 4 is 11.6 Å². The SMILES string of the molecule is C/C=C(C)/C(C)=N/C=C(\CC)C(=O)NC12CC3CC(CC(NCCN(CCC)CC(C)/C=C\CF)(C3)C1)C2. The lowest BCUT2D eigenvalue weighted by Gasteiger charge is -2.62. The summed E-state index contributed by atoms with van der Waals surface area (Å²) in [5.41, 5.74) is 2.87. The van der Waals surface area contributed by atoms with E-state index in [1.165, 1.54) is 19.3 Å². The van der Waals surface area contributed by atoms with Crippen molar-refractivity contribution in [1.29, 1.82) is 0 Å². The van der Waals surface area contributed by atoms with Crippen molar-refractivity contribution in [2.75, 3.05) is 32.9 Å². The monoisotopic (exact) mass is 528 g/mol. The zero-order valence-electron chi connectivity index (χ0n) is 24.9. The molecule has 0 spiro atoms. The second-order valence-electron chi connectivity index (χ2n) is 12.5. The van der Waals surface area contributed by atoms with Gasteiger partial charge in [-0.3, -0.25) is 9.79 Å². The van der Waals surface area contributed by atoms with Gasteiger partial charge in [0.25, 0.3) is 0 Å². The van der Waals surface area contributed by atoms with E-state index in [9.17, 15) is 9.18 Å². The minimum absolute atomic E-state index is 0.0590. The van der Waals surface area contributed by atoms with Gasteiger partial charge >= 0.3 is 0 Å². The molecule has 5 nitrogen and oxygen atoms in total. The van der Waals surface area contributed by atoms with Gasteiger partial charge in [0.1, 0.15) is 6.67 Å². The molecule has 0 aromatic rings. The maximum atomic E-state index is 13.4. The lowest BCUT2D eigenvalue weighted by molar-refractivity contribution is -0.124. The second-order valence-corrected chi connectivity index (χ2v) is 12.5. The normalized spacial score (nSPS) is 30.5. The summed E-state index contributed by atoms with van der Waals surface area (Å²) in [6.07, 6.45) is 16.3. The number of nitrogens with zero attached hydrogens (tertiary/aromatic N) is 2. The van der Waals surface area contributed by atoms with Gasteiger partial charge < -0.3 is 15.5 Å².